The monoisotopic (exact) mass is 225 g/mol. The number of H-pyrrole nitrogens is 1. The van der Waals surface area contributed by atoms with Gasteiger partial charge < -0.3 is 9.72 Å². The highest BCUT2D eigenvalue weighted by Crippen LogP contribution is 2.25. The average molecular weight is 225 g/mol. The van der Waals surface area contributed by atoms with E-state index in [9.17, 15) is 0 Å². The van der Waals surface area contributed by atoms with Gasteiger partial charge in [-0.15, -0.1) is 0 Å². The van der Waals surface area contributed by atoms with E-state index in [2.05, 4.69) is 15.0 Å². The Hall–Kier alpha value is -2.36. The molecule has 4 nitrogen and oxygen atoms in total. The molecule has 1 aromatic rings. The van der Waals surface area contributed by atoms with Crippen molar-refractivity contribution in [2.45, 2.75) is 6.61 Å². The highest BCUT2D eigenvalue weighted by Gasteiger charge is 2.11. The molecule has 2 aliphatic heterocycles. The van der Waals surface area contributed by atoms with Crippen LogP contribution < -0.4 is 4.74 Å². The summed E-state index contributed by atoms with van der Waals surface area (Å²) in [7, 11) is 0. The van der Waals surface area contributed by atoms with Crippen molar-refractivity contribution in [3.63, 3.8) is 0 Å². The summed E-state index contributed by atoms with van der Waals surface area (Å²) >= 11 is 0. The summed E-state index contributed by atoms with van der Waals surface area (Å²) in [4.78, 5) is 11.4. The van der Waals surface area contributed by atoms with Gasteiger partial charge in [-0.3, -0.25) is 0 Å². The number of rotatable bonds is 3. The van der Waals surface area contributed by atoms with Gasteiger partial charge in [-0.1, -0.05) is 30.3 Å². The van der Waals surface area contributed by atoms with Gasteiger partial charge in [0.1, 0.15) is 12.3 Å². The van der Waals surface area contributed by atoms with Crippen LogP contribution in [0.1, 0.15) is 5.56 Å². The molecule has 3 rings (SSSR count). The first-order valence-corrected chi connectivity index (χ1v) is 5.38. The lowest BCUT2D eigenvalue weighted by molar-refractivity contribution is 0.294. The lowest BCUT2D eigenvalue weighted by Gasteiger charge is -2.07. The second kappa shape index (κ2) is 4.25. The number of ether oxygens (including phenoxy) is 1. The van der Waals surface area contributed by atoms with Gasteiger partial charge in [-0.05, 0) is 11.6 Å². The SMILES string of the molecule is c1ccc(COc2nc[nH]c3ccnc2-3)cc1. The molecule has 1 N–H and O–H groups in total. The molecular formula is C13H11N3O. The molecule has 84 valence electrons. The zero-order valence-electron chi connectivity index (χ0n) is 9.13. The first kappa shape index (κ1) is 9.84. The summed E-state index contributed by atoms with van der Waals surface area (Å²) in [6.45, 7) is 0.500. The third-order valence-electron chi connectivity index (χ3n) is 2.52. The van der Waals surface area contributed by atoms with Crippen molar-refractivity contribution in [1.29, 1.82) is 0 Å². The molecule has 0 aromatic heterocycles. The maximum Gasteiger partial charge on any atom is 0.243 e. The van der Waals surface area contributed by atoms with Crippen molar-refractivity contribution in [3.8, 4) is 17.3 Å². The van der Waals surface area contributed by atoms with Crippen LogP contribution in [0, 0.1) is 0 Å². The number of hydrogen-bond donors (Lipinski definition) is 1. The minimum atomic E-state index is 0.500. The standard InChI is InChI=1S/C13H11N3O/c1-2-4-10(5-3-1)8-17-13-12-11(6-7-14-12)15-9-16-13/h1-7,9H,8H2,(H,15,16). The molecule has 0 unspecified atom stereocenters. The van der Waals surface area contributed by atoms with E-state index in [1.54, 1.807) is 12.5 Å². The van der Waals surface area contributed by atoms with Crippen molar-refractivity contribution < 1.29 is 4.74 Å². The Morgan fingerprint density at radius 3 is 2.82 bits per heavy atom. The third kappa shape index (κ3) is 1.97. The van der Waals surface area contributed by atoms with Crippen LogP contribution >= 0.6 is 0 Å². The van der Waals surface area contributed by atoms with Crippen molar-refractivity contribution in [2.24, 2.45) is 0 Å². The highest BCUT2D eigenvalue weighted by atomic mass is 16.5. The van der Waals surface area contributed by atoms with Gasteiger partial charge in [0.05, 0.1) is 12.0 Å². The number of aromatic amines is 1. The molecule has 0 saturated carbocycles. The van der Waals surface area contributed by atoms with Gasteiger partial charge in [0.2, 0.25) is 5.88 Å². The molecule has 1 aromatic carbocycles. The quantitative estimate of drug-likeness (QED) is 0.745. The summed E-state index contributed by atoms with van der Waals surface area (Å²) in [5.41, 5.74) is 2.81. The van der Waals surface area contributed by atoms with Crippen LogP contribution in [-0.4, -0.2) is 15.0 Å². The maximum atomic E-state index is 5.67. The number of benzene rings is 1. The Bertz CT molecular complexity index is 576. The lowest BCUT2D eigenvalue weighted by atomic mass is 10.2. The molecule has 0 amide bonds. The van der Waals surface area contributed by atoms with Gasteiger partial charge in [0.15, 0.2) is 0 Å². The van der Waals surface area contributed by atoms with Gasteiger partial charge in [-0.2, -0.15) is 0 Å². The summed E-state index contributed by atoms with van der Waals surface area (Å²) in [5, 5.41) is 0. The van der Waals surface area contributed by atoms with Gasteiger partial charge >= 0.3 is 0 Å². The molecule has 2 aliphatic rings. The topological polar surface area (TPSA) is 50.8 Å². The molecule has 0 fully saturated rings. The van der Waals surface area contributed by atoms with Gasteiger partial charge in [0, 0.05) is 6.20 Å². The molecule has 0 atom stereocenters. The zero-order chi connectivity index (χ0) is 11.5. The highest BCUT2D eigenvalue weighted by molar-refractivity contribution is 5.61. The third-order valence-corrected chi connectivity index (χ3v) is 2.52. The van der Waals surface area contributed by atoms with Gasteiger partial charge in [-0.25, -0.2) is 9.97 Å². The van der Waals surface area contributed by atoms with Crippen molar-refractivity contribution in [3.05, 3.63) is 54.5 Å². The zero-order valence-corrected chi connectivity index (χ0v) is 9.13. The molecule has 0 bridgehead atoms. The minimum absolute atomic E-state index is 0.500. The Labute approximate surface area is 98.7 Å². The van der Waals surface area contributed by atoms with Crippen LogP contribution in [0.5, 0.6) is 5.88 Å². The van der Waals surface area contributed by atoms with Crippen LogP contribution in [0.15, 0.2) is 48.9 Å². The maximum absolute atomic E-state index is 5.67. The van der Waals surface area contributed by atoms with E-state index in [1.807, 2.05) is 36.4 Å². The molecule has 4 heteroatoms. The largest absolute Gasteiger partial charge is 0.471 e. The summed E-state index contributed by atoms with van der Waals surface area (Å²) < 4.78 is 5.67. The summed E-state index contributed by atoms with van der Waals surface area (Å²) in [6.07, 6.45) is 3.35. The van der Waals surface area contributed by atoms with E-state index in [-0.39, 0.29) is 0 Å². The molecular weight excluding hydrogens is 214 g/mol. The van der Waals surface area contributed by atoms with Crippen LogP contribution in [0.3, 0.4) is 0 Å². The van der Waals surface area contributed by atoms with Crippen molar-refractivity contribution in [1.82, 2.24) is 15.0 Å². The fraction of sp³-hybridized carbons (Fsp3) is 0.0769. The normalized spacial score (nSPS) is 10.6. The number of nitrogens with zero attached hydrogens (tertiary/aromatic N) is 2. The number of fused-ring (bicyclic) bond motifs is 1. The van der Waals surface area contributed by atoms with Crippen molar-refractivity contribution in [2.75, 3.05) is 0 Å². The molecule has 0 aliphatic carbocycles. The summed E-state index contributed by atoms with van der Waals surface area (Å²) in [5.74, 6) is 0.563. The van der Waals surface area contributed by atoms with E-state index in [4.69, 9.17) is 4.74 Å². The first-order valence-electron chi connectivity index (χ1n) is 5.38. The minimum Gasteiger partial charge on any atom is -0.471 e. The second-order valence-electron chi connectivity index (χ2n) is 3.69. The van der Waals surface area contributed by atoms with E-state index in [0.29, 0.717) is 12.5 Å². The lowest BCUT2D eigenvalue weighted by Crippen LogP contribution is -2.00. The fourth-order valence-electron chi connectivity index (χ4n) is 1.67. The van der Waals surface area contributed by atoms with Crippen LogP contribution in [0.4, 0.5) is 0 Å². The fourth-order valence-corrected chi connectivity index (χ4v) is 1.67. The molecule has 17 heavy (non-hydrogen) atoms. The van der Waals surface area contributed by atoms with Crippen LogP contribution in [-0.2, 0) is 6.61 Å². The van der Waals surface area contributed by atoms with Crippen molar-refractivity contribution >= 4 is 0 Å². The summed E-state index contributed by atoms with van der Waals surface area (Å²) in [6, 6.07) is 11.9. The number of hydrogen-bond acceptors (Lipinski definition) is 3. The first-order chi connectivity index (χ1) is 8.43. The van der Waals surface area contributed by atoms with Gasteiger partial charge in [0.25, 0.3) is 0 Å². The molecule has 0 radical (unpaired) electrons. The number of aromatic nitrogens is 3. The predicted molar refractivity (Wildman–Crippen MR) is 63.8 cm³/mol. The predicted octanol–water partition coefficient (Wildman–Crippen LogP) is 2.49. The Kier molecular flexibility index (Phi) is 2.46. The smallest absolute Gasteiger partial charge is 0.243 e. The Balaban J connectivity index is 1.80. The average Bonchev–Trinajstić information content (AvgIpc) is 2.86. The number of nitrogens with one attached hydrogen (secondary N) is 1. The van der Waals surface area contributed by atoms with E-state index in [1.165, 1.54) is 0 Å². The molecule has 0 saturated heterocycles. The second-order valence-corrected chi connectivity index (χ2v) is 3.69. The Morgan fingerprint density at radius 1 is 1.06 bits per heavy atom. The van der Waals surface area contributed by atoms with E-state index in [0.717, 1.165) is 17.0 Å². The van der Waals surface area contributed by atoms with Crippen LogP contribution in [0.25, 0.3) is 11.4 Å². The molecule has 2 heterocycles. The molecule has 0 spiro atoms. The Morgan fingerprint density at radius 2 is 1.94 bits per heavy atom. The van der Waals surface area contributed by atoms with E-state index >= 15 is 0 Å². The van der Waals surface area contributed by atoms with Crippen LogP contribution in [0.2, 0.25) is 0 Å². The van der Waals surface area contributed by atoms with E-state index < -0.39 is 0 Å².